The number of carbonyl (C=O) groups is 3. The summed E-state index contributed by atoms with van der Waals surface area (Å²) >= 11 is 0. The Bertz CT molecular complexity index is 1490. The number of methoxy groups -OCH3 is 1. The minimum atomic E-state index is -0.700. The molecular weight excluding hydrogens is 552 g/mol. The third-order valence-corrected chi connectivity index (χ3v) is 7.46. The fourth-order valence-electron chi connectivity index (χ4n) is 4.97. The Labute approximate surface area is 259 Å². The van der Waals surface area contributed by atoms with Crippen molar-refractivity contribution >= 4 is 23.3 Å². The topological polar surface area (TPSA) is 93.7 Å². The van der Waals surface area contributed by atoms with Gasteiger partial charge in [-0.2, -0.15) is 0 Å². The first-order valence-corrected chi connectivity index (χ1v) is 15.0. The molecule has 7 heteroatoms. The van der Waals surface area contributed by atoms with Gasteiger partial charge in [-0.3, -0.25) is 9.59 Å². The van der Waals surface area contributed by atoms with Gasteiger partial charge in [0, 0.05) is 35.7 Å². The van der Waals surface area contributed by atoms with Crippen LogP contribution in [0.3, 0.4) is 0 Å². The molecule has 0 fully saturated rings. The van der Waals surface area contributed by atoms with Crippen molar-refractivity contribution in [3.8, 4) is 5.75 Å². The number of hydrogen-bond donors (Lipinski definition) is 2. The van der Waals surface area contributed by atoms with E-state index in [-0.39, 0.29) is 17.6 Å². The number of hydrogen-bond acceptors (Lipinski definition) is 6. The Morgan fingerprint density at radius 1 is 0.750 bits per heavy atom. The number of ketones is 1. The van der Waals surface area contributed by atoms with Crippen LogP contribution in [0.2, 0.25) is 0 Å². The largest absolute Gasteiger partial charge is 0.494 e. The summed E-state index contributed by atoms with van der Waals surface area (Å²) in [6.45, 7) is 3.05. The van der Waals surface area contributed by atoms with Crippen molar-refractivity contribution in [2.24, 2.45) is 5.92 Å². The van der Waals surface area contributed by atoms with E-state index in [0.29, 0.717) is 48.6 Å². The molecule has 228 valence electrons. The lowest BCUT2D eigenvalue weighted by Crippen LogP contribution is -2.33. The lowest BCUT2D eigenvalue weighted by Gasteiger charge is -2.20. The first kappa shape index (κ1) is 32.0. The maximum Gasteiger partial charge on any atom is 0.328 e. The number of benzene rings is 4. The average molecular weight is 593 g/mol. The van der Waals surface area contributed by atoms with Crippen LogP contribution in [0.1, 0.15) is 46.8 Å². The number of esters is 1. The molecule has 0 spiro atoms. The SMILES string of the molecule is CCC(Cc1ccccc1)C(=O)NCCCOc1ccc(CC(Nc2ccccc2C(=O)c2ccccc2)C(=O)OC)cc1. The maximum absolute atomic E-state index is 13.2. The quantitative estimate of drug-likeness (QED) is 0.0905. The van der Waals surface area contributed by atoms with Gasteiger partial charge in [-0.1, -0.05) is 91.9 Å². The Kier molecular flexibility index (Phi) is 12.1. The van der Waals surface area contributed by atoms with Gasteiger partial charge in [-0.25, -0.2) is 4.79 Å². The summed E-state index contributed by atoms with van der Waals surface area (Å²) in [5.74, 6) is 0.171. The number of rotatable bonds is 16. The smallest absolute Gasteiger partial charge is 0.328 e. The minimum absolute atomic E-state index is 0.0491. The normalized spacial score (nSPS) is 12.0. The van der Waals surface area contributed by atoms with E-state index in [9.17, 15) is 14.4 Å². The number of carbonyl (C=O) groups excluding carboxylic acids is 3. The van der Waals surface area contributed by atoms with Gasteiger partial charge in [0.25, 0.3) is 0 Å². The van der Waals surface area contributed by atoms with E-state index in [1.807, 2.05) is 73.7 Å². The number of nitrogens with one attached hydrogen (secondary N) is 2. The zero-order valence-corrected chi connectivity index (χ0v) is 25.3. The van der Waals surface area contributed by atoms with Crippen LogP contribution < -0.4 is 15.4 Å². The average Bonchev–Trinajstić information content (AvgIpc) is 3.07. The Balaban J connectivity index is 1.27. The molecule has 0 aliphatic carbocycles. The lowest BCUT2D eigenvalue weighted by molar-refractivity contribution is -0.141. The van der Waals surface area contributed by atoms with E-state index in [1.54, 1.807) is 30.3 Å². The van der Waals surface area contributed by atoms with E-state index in [0.717, 1.165) is 24.0 Å². The number of para-hydroxylation sites is 1. The molecular formula is C37H40N2O5. The van der Waals surface area contributed by atoms with Crippen molar-refractivity contribution in [3.63, 3.8) is 0 Å². The fourth-order valence-corrected chi connectivity index (χ4v) is 4.97. The molecule has 0 aliphatic rings. The van der Waals surface area contributed by atoms with Gasteiger partial charge in [0.05, 0.1) is 13.7 Å². The maximum atomic E-state index is 13.2. The van der Waals surface area contributed by atoms with Crippen molar-refractivity contribution in [2.75, 3.05) is 25.6 Å². The molecule has 2 atom stereocenters. The number of amides is 1. The van der Waals surface area contributed by atoms with Gasteiger partial charge >= 0.3 is 5.97 Å². The second-order valence-electron chi connectivity index (χ2n) is 10.6. The third-order valence-electron chi connectivity index (χ3n) is 7.46. The molecule has 2 unspecified atom stereocenters. The van der Waals surface area contributed by atoms with Crippen LogP contribution in [-0.2, 0) is 27.2 Å². The van der Waals surface area contributed by atoms with Crippen LogP contribution in [0.4, 0.5) is 5.69 Å². The van der Waals surface area contributed by atoms with Crippen molar-refractivity contribution in [1.29, 1.82) is 0 Å². The highest BCUT2D eigenvalue weighted by atomic mass is 16.5. The zero-order valence-electron chi connectivity index (χ0n) is 25.3. The summed E-state index contributed by atoms with van der Waals surface area (Å²) in [5.41, 5.74) is 3.69. The van der Waals surface area contributed by atoms with Crippen LogP contribution in [-0.4, -0.2) is 44.0 Å². The molecule has 4 aromatic rings. The van der Waals surface area contributed by atoms with E-state index in [2.05, 4.69) is 22.8 Å². The molecule has 0 saturated carbocycles. The molecule has 4 rings (SSSR count). The molecule has 0 radical (unpaired) electrons. The Hall–Kier alpha value is -4.91. The van der Waals surface area contributed by atoms with Crippen molar-refractivity contribution in [2.45, 2.75) is 38.6 Å². The molecule has 0 heterocycles. The summed E-state index contributed by atoms with van der Waals surface area (Å²) in [5, 5.41) is 6.27. The molecule has 4 aromatic carbocycles. The van der Waals surface area contributed by atoms with Crippen LogP contribution >= 0.6 is 0 Å². The van der Waals surface area contributed by atoms with Crippen LogP contribution in [0.15, 0.2) is 109 Å². The summed E-state index contributed by atoms with van der Waals surface area (Å²) in [6.07, 6.45) is 2.56. The van der Waals surface area contributed by atoms with Gasteiger partial charge in [0.1, 0.15) is 11.8 Å². The fraction of sp³-hybridized carbons (Fsp3) is 0.270. The zero-order chi connectivity index (χ0) is 31.1. The van der Waals surface area contributed by atoms with Gasteiger partial charge in [-0.15, -0.1) is 0 Å². The molecule has 44 heavy (non-hydrogen) atoms. The predicted molar refractivity (Wildman–Crippen MR) is 173 cm³/mol. The minimum Gasteiger partial charge on any atom is -0.494 e. The molecule has 0 bridgehead atoms. The highest BCUT2D eigenvalue weighted by Crippen LogP contribution is 2.22. The van der Waals surface area contributed by atoms with Crippen molar-refractivity contribution in [3.05, 3.63) is 131 Å². The Morgan fingerprint density at radius 2 is 1.39 bits per heavy atom. The van der Waals surface area contributed by atoms with E-state index < -0.39 is 12.0 Å². The van der Waals surface area contributed by atoms with E-state index >= 15 is 0 Å². The lowest BCUT2D eigenvalue weighted by atomic mass is 9.96. The van der Waals surface area contributed by atoms with Crippen molar-refractivity contribution < 1.29 is 23.9 Å². The molecule has 0 aliphatic heterocycles. The van der Waals surface area contributed by atoms with Crippen LogP contribution in [0, 0.1) is 5.92 Å². The molecule has 7 nitrogen and oxygen atoms in total. The molecule has 0 aromatic heterocycles. The van der Waals surface area contributed by atoms with Gasteiger partial charge in [0.15, 0.2) is 5.78 Å². The van der Waals surface area contributed by atoms with Crippen LogP contribution in [0.5, 0.6) is 5.75 Å². The Morgan fingerprint density at radius 3 is 2.07 bits per heavy atom. The number of anilines is 1. The van der Waals surface area contributed by atoms with E-state index in [4.69, 9.17) is 9.47 Å². The summed E-state index contributed by atoms with van der Waals surface area (Å²) in [6, 6.07) is 33.1. The van der Waals surface area contributed by atoms with E-state index in [1.165, 1.54) is 7.11 Å². The summed E-state index contributed by atoms with van der Waals surface area (Å²) in [4.78, 5) is 38.5. The molecule has 2 N–H and O–H groups in total. The van der Waals surface area contributed by atoms with Gasteiger partial charge < -0.3 is 20.1 Å². The first-order valence-electron chi connectivity index (χ1n) is 15.0. The second-order valence-corrected chi connectivity index (χ2v) is 10.6. The molecule has 1 amide bonds. The second kappa shape index (κ2) is 16.7. The molecule has 0 saturated heterocycles. The predicted octanol–water partition coefficient (Wildman–Crippen LogP) is 6.27. The first-order chi connectivity index (χ1) is 21.5. The monoisotopic (exact) mass is 592 g/mol. The van der Waals surface area contributed by atoms with Gasteiger partial charge in [-0.05, 0) is 54.7 Å². The number of ether oxygens (including phenoxy) is 2. The van der Waals surface area contributed by atoms with Crippen LogP contribution in [0.25, 0.3) is 0 Å². The third kappa shape index (κ3) is 9.30. The summed E-state index contributed by atoms with van der Waals surface area (Å²) in [7, 11) is 1.35. The van der Waals surface area contributed by atoms with Crippen molar-refractivity contribution in [1.82, 2.24) is 5.32 Å². The highest BCUT2D eigenvalue weighted by Gasteiger charge is 2.23. The van der Waals surface area contributed by atoms with Gasteiger partial charge in [0.2, 0.25) is 5.91 Å². The summed E-state index contributed by atoms with van der Waals surface area (Å²) < 4.78 is 11.0. The highest BCUT2D eigenvalue weighted by molar-refractivity contribution is 6.12. The standard InChI is InChI=1S/C37H40N2O5/c1-3-29(25-27-13-6-4-7-14-27)36(41)38-23-12-24-44-31-21-19-28(20-22-31)26-34(37(42)43-2)39-33-18-11-10-17-32(33)35(40)30-15-8-5-9-16-30/h4-11,13-22,29,34,39H,3,12,23-26H2,1-2H3,(H,38,41).